The molecule has 1 nitrogen and oxygen atoms in total. The van der Waals surface area contributed by atoms with Gasteiger partial charge in [0, 0.05) is 3.57 Å². The Labute approximate surface area is 97.2 Å². The number of hydrogen-bond acceptors (Lipinski definition) is 2. The summed E-state index contributed by atoms with van der Waals surface area (Å²) >= 11 is 3.20. The van der Waals surface area contributed by atoms with E-state index in [-0.39, 0.29) is 5.75 Å². The van der Waals surface area contributed by atoms with Crippen molar-refractivity contribution in [3.8, 4) is 5.75 Å². The Hall–Kier alpha value is -0.110. The van der Waals surface area contributed by atoms with Crippen LogP contribution in [0, 0.1) is 3.57 Å². The number of benzene rings is 1. The quantitative estimate of drug-likeness (QED) is 0.599. The second kappa shape index (κ2) is 4.61. The lowest BCUT2D eigenvalue weighted by Gasteiger charge is -2.12. The average molecular weight is 334 g/mol. The molecule has 0 fully saturated rings. The maximum atomic E-state index is 12.0. The summed E-state index contributed by atoms with van der Waals surface area (Å²) in [6, 6.07) is 4.57. The van der Waals surface area contributed by atoms with E-state index in [9.17, 15) is 13.2 Å². The third-order valence-electron chi connectivity index (χ3n) is 1.36. The van der Waals surface area contributed by atoms with Gasteiger partial charge >= 0.3 is 6.36 Å². The standard InChI is InChI=1S/C8H6F3IOS/c1-14-7-5(12)3-2-4-6(7)13-8(9,10)11/h2-4H,1H3. The summed E-state index contributed by atoms with van der Waals surface area (Å²) in [5.41, 5.74) is 0. The molecular weight excluding hydrogens is 328 g/mol. The molecule has 0 aliphatic heterocycles. The van der Waals surface area contributed by atoms with Gasteiger partial charge in [-0.3, -0.25) is 0 Å². The average Bonchev–Trinajstić information content (AvgIpc) is 2.01. The van der Waals surface area contributed by atoms with Crippen LogP contribution in [0.1, 0.15) is 0 Å². The van der Waals surface area contributed by atoms with Gasteiger partial charge in [0.15, 0.2) is 0 Å². The Balaban J connectivity index is 3.02. The summed E-state index contributed by atoms with van der Waals surface area (Å²) in [7, 11) is 0. The van der Waals surface area contributed by atoms with Crippen LogP contribution in [0.15, 0.2) is 23.1 Å². The fourth-order valence-electron chi connectivity index (χ4n) is 0.892. The van der Waals surface area contributed by atoms with Crippen molar-refractivity contribution in [2.24, 2.45) is 0 Å². The molecular formula is C8H6F3IOS. The maximum absolute atomic E-state index is 12.0. The molecule has 0 radical (unpaired) electrons. The molecule has 14 heavy (non-hydrogen) atoms. The number of halogens is 4. The molecule has 0 unspecified atom stereocenters. The van der Waals surface area contributed by atoms with Crippen LogP contribution in [0.3, 0.4) is 0 Å². The minimum Gasteiger partial charge on any atom is -0.405 e. The van der Waals surface area contributed by atoms with E-state index in [1.54, 1.807) is 12.3 Å². The highest BCUT2D eigenvalue weighted by molar-refractivity contribution is 14.1. The summed E-state index contributed by atoms with van der Waals surface area (Å²) in [5, 5.41) is 0. The largest absolute Gasteiger partial charge is 0.573 e. The first kappa shape index (κ1) is 12.0. The first-order valence-electron chi connectivity index (χ1n) is 3.52. The highest BCUT2D eigenvalue weighted by Crippen LogP contribution is 2.35. The van der Waals surface area contributed by atoms with Crippen LogP contribution in [-0.4, -0.2) is 12.6 Å². The van der Waals surface area contributed by atoms with Crippen LogP contribution < -0.4 is 4.74 Å². The van der Waals surface area contributed by atoms with Crippen molar-refractivity contribution in [3.05, 3.63) is 21.8 Å². The van der Waals surface area contributed by atoms with E-state index in [1.165, 1.54) is 23.9 Å². The molecule has 0 aliphatic carbocycles. The monoisotopic (exact) mass is 334 g/mol. The van der Waals surface area contributed by atoms with Crippen LogP contribution >= 0.6 is 34.4 Å². The van der Waals surface area contributed by atoms with Crippen LogP contribution in [0.2, 0.25) is 0 Å². The fourth-order valence-corrected chi connectivity index (χ4v) is 2.60. The van der Waals surface area contributed by atoms with Gasteiger partial charge in [-0.15, -0.1) is 24.9 Å². The number of rotatable bonds is 2. The van der Waals surface area contributed by atoms with Crippen molar-refractivity contribution in [3.63, 3.8) is 0 Å². The highest BCUT2D eigenvalue weighted by atomic mass is 127. The summed E-state index contributed by atoms with van der Waals surface area (Å²) < 4.78 is 40.5. The molecule has 0 heterocycles. The topological polar surface area (TPSA) is 9.23 Å². The number of hydrogen-bond donors (Lipinski definition) is 0. The van der Waals surface area contributed by atoms with Crippen LogP contribution in [-0.2, 0) is 0 Å². The van der Waals surface area contributed by atoms with Gasteiger partial charge in [-0.1, -0.05) is 6.07 Å². The number of alkyl halides is 3. The molecule has 1 rings (SSSR count). The molecule has 0 aromatic heterocycles. The Morgan fingerprint density at radius 3 is 2.50 bits per heavy atom. The maximum Gasteiger partial charge on any atom is 0.573 e. The lowest BCUT2D eigenvalue weighted by molar-refractivity contribution is -0.275. The summed E-state index contributed by atoms with van der Waals surface area (Å²) in [4.78, 5) is 0.505. The van der Waals surface area contributed by atoms with Crippen molar-refractivity contribution in [2.75, 3.05) is 6.26 Å². The van der Waals surface area contributed by atoms with E-state index in [2.05, 4.69) is 4.74 Å². The van der Waals surface area contributed by atoms with Gasteiger partial charge in [0.2, 0.25) is 0 Å². The predicted molar refractivity (Wildman–Crippen MR) is 57.6 cm³/mol. The van der Waals surface area contributed by atoms with Crippen LogP contribution in [0.25, 0.3) is 0 Å². The molecule has 0 spiro atoms. The Bertz CT molecular complexity index is 327. The van der Waals surface area contributed by atoms with E-state index in [0.29, 0.717) is 4.90 Å². The third-order valence-corrected chi connectivity index (χ3v) is 3.45. The van der Waals surface area contributed by atoms with Gasteiger partial charge < -0.3 is 4.74 Å². The van der Waals surface area contributed by atoms with E-state index in [0.717, 1.165) is 3.57 Å². The Morgan fingerprint density at radius 2 is 2.00 bits per heavy atom. The molecule has 0 saturated heterocycles. The van der Waals surface area contributed by atoms with Crippen molar-refractivity contribution >= 4 is 34.4 Å². The molecule has 0 amide bonds. The Kier molecular flexibility index (Phi) is 3.94. The fraction of sp³-hybridized carbons (Fsp3) is 0.250. The predicted octanol–water partition coefficient (Wildman–Crippen LogP) is 3.91. The molecule has 6 heteroatoms. The van der Waals surface area contributed by atoms with Gasteiger partial charge in [0.1, 0.15) is 5.75 Å². The van der Waals surface area contributed by atoms with Gasteiger partial charge in [-0.25, -0.2) is 0 Å². The van der Waals surface area contributed by atoms with E-state index in [4.69, 9.17) is 0 Å². The van der Waals surface area contributed by atoms with Gasteiger partial charge in [-0.2, -0.15) is 0 Å². The number of ether oxygens (including phenoxy) is 1. The number of thioether (sulfide) groups is 1. The minimum atomic E-state index is -4.63. The van der Waals surface area contributed by atoms with Crippen molar-refractivity contribution < 1.29 is 17.9 Å². The molecule has 0 N–H and O–H groups in total. The lowest BCUT2D eigenvalue weighted by Crippen LogP contribution is -2.17. The molecule has 0 saturated carbocycles. The second-order valence-electron chi connectivity index (χ2n) is 2.32. The lowest BCUT2D eigenvalue weighted by atomic mass is 10.3. The molecule has 1 aromatic rings. The van der Waals surface area contributed by atoms with E-state index >= 15 is 0 Å². The van der Waals surface area contributed by atoms with Crippen molar-refractivity contribution in [1.82, 2.24) is 0 Å². The van der Waals surface area contributed by atoms with Crippen LogP contribution in [0.4, 0.5) is 13.2 Å². The molecule has 0 atom stereocenters. The molecule has 0 aliphatic rings. The summed E-state index contributed by atoms with van der Waals surface area (Å²) in [6.07, 6.45) is -2.92. The zero-order chi connectivity index (χ0) is 10.8. The first-order chi connectivity index (χ1) is 6.44. The zero-order valence-electron chi connectivity index (χ0n) is 7.06. The zero-order valence-corrected chi connectivity index (χ0v) is 10.0. The van der Waals surface area contributed by atoms with Gasteiger partial charge in [0.05, 0.1) is 4.90 Å². The Morgan fingerprint density at radius 1 is 1.36 bits per heavy atom. The highest BCUT2D eigenvalue weighted by Gasteiger charge is 2.32. The van der Waals surface area contributed by atoms with Gasteiger partial charge in [0.25, 0.3) is 0 Å². The van der Waals surface area contributed by atoms with Crippen LogP contribution in [0.5, 0.6) is 5.75 Å². The van der Waals surface area contributed by atoms with E-state index in [1.807, 2.05) is 22.6 Å². The first-order valence-corrected chi connectivity index (χ1v) is 5.82. The SMILES string of the molecule is CSc1c(I)cccc1OC(F)(F)F. The smallest absolute Gasteiger partial charge is 0.405 e. The third kappa shape index (κ3) is 3.23. The minimum absolute atomic E-state index is 0.142. The van der Waals surface area contributed by atoms with Crippen molar-refractivity contribution in [1.29, 1.82) is 0 Å². The molecule has 1 aromatic carbocycles. The van der Waals surface area contributed by atoms with E-state index < -0.39 is 6.36 Å². The second-order valence-corrected chi connectivity index (χ2v) is 4.30. The molecule has 78 valence electrons. The van der Waals surface area contributed by atoms with Gasteiger partial charge in [-0.05, 0) is 41.0 Å². The van der Waals surface area contributed by atoms with Crippen molar-refractivity contribution in [2.45, 2.75) is 11.3 Å². The summed E-state index contributed by atoms with van der Waals surface area (Å²) in [6.45, 7) is 0. The normalized spacial score (nSPS) is 11.5. The molecule has 0 bridgehead atoms. The summed E-state index contributed by atoms with van der Waals surface area (Å²) in [5.74, 6) is -0.142.